The first-order chi connectivity index (χ1) is 15.0. The quantitative estimate of drug-likeness (QED) is 0.365. The van der Waals surface area contributed by atoms with Crippen molar-refractivity contribution in [3.8, 4) is 11.5 Å². The van der Waals surface area contributed by atoms with Crippen LogP contribution in [0, 0.1) is 20.8 Å². The van der Waals surface area contributed by atoms with Crippen LogP contribution in [0.2, 0.25) is 0 Å². The number of thioether (sulfide) groups is 1. The first kappa shape index (κ1) is 21.3. The molecule has 7 heteroatoms. The maximum absolute atomic E-state index is 12.7. The Bertz CT molecular complexity index is 1170. The van der Waals surface area contributed by atoms with Crippen molar-refractivity contribution < 1.29 is 9.21 Å². The highest BCUT2D eigenvalue weighted by Gasteiger charge is 2.19. The van der Waals surface area contributed by atoms with Gasteiger partial charge in [0.05, 0.1) is 11.8 Å². The van der Waals surface area contributed by atoms with Crippen LogP contribution in [0.15, 0.2) is 69.6 Å². The van der Waals surface area contributed by atoms with E-state index in [4.69, 9.17) is 4.42 Å². The summed E-state index contributed by atoms with van der Waals surface area (Å²) in [5.74, 6) is 0.569. The number of hydrogen-bond donors (Lipinski definition) is 1. The third-order valence-electron chi connectivity index (χ3n) is 5.03. The molecule has 2 aromatic carbocycles. The first-order valence-corrected chi connectivity index (χ1v) is 11.8. The Balaban J connectivity index is 1.41. The van der Waals surface area contributed by atoms with E-state index in [2.05, 4.69) is 53.6 Å². The largest absolute Gasteiger partial charge is 0.411 e. The van der Waals surface area contributed by atoms with E-state index in [1.165, 1.54) is 28.5 Å². The predicted octanol–water partition coefficient (Wildman–Crippen LogP) is 5.72. The number of carbonyl (C=O) groups excluding carboxylic acids is 1. The molecule has 158 valence electrons. The molecule has 2 aromatic heterocycles. The van der Waals surface area contributed by atoms with Crippen molar-refractivity contribution in [2.24, 2.45) is 0 Å². The minimum absolute atomic E-state index is 0.0881. The normalized spacial score (nSPS) is 12.0. The van der Waals surface area contributed by atoms with E-state index in [9.17, 15) is 4.79 Å². The molecule has 0 saturated heterocycles. The van der Waals surface area contributed by atoms with Gasteiger partial charge in [-0.05, 0) is 61.0 Å². The van der Waals surface area contributed by atoms with Gasteiger partial charge < -0.3 is 9.73 Å². The lowest BCUT2D eigenvalue weighted by Crippen LogP contribution is -2.30. The Labute approximate surface area is 189 Å². The van der Waals surface area contributed by atoms with Crippen molar-refractivity contribution in [3.05, 3.63) is 87.1 Å². The number of aromatic nitrogens is 2. The van der Waals surface area contributed by atoms with Crippen LogP contribution in [0.1, 0.15) is 33.2 Å². The molecule has 0 radical (unpaired) electrons. The summed E-state index contributed by atoms with van der Waals surface area (Å²) < 4.78 is 5.75. The van der Waals surface area contributed by atoms with Gasteiger partial charge in [0.1, 0.15) is 0 Å². The lowest BCUT2D eigenvalue weighted by molar-refractivity contribution is -0.119. The van der Waals surface area contributed by atoms with Gasteiger partial charge in [-0.1, -0.05) is 53.7 Å². The standard InChI is InChI=1S/C24H23N3O2S2/c1-15-6-9-18(10-7-15)22(20-5-4-12-30-20)25-21(28)14-31-24-27-26-23(29-24)19-11-8-16(2)17(3)13-19/h4-13,22H,14H2,1-3H3,(H,25,28). The number of nitrogens with zero attached hydrogens (tertiary/aromatic N) is 2. The van der Waals surface area contributed by atoms with E-state index in [0.29, 0.717) is 11.1 Å². The zero-order valence-electron chi connectivity index (χ0n) is 17.6. The van der Waals surface area contributed by atoms with Crippen LogP contribution in [-0.2, 0) is 4.79 Å². The highest BCUT2D eigenvalue weighted by Crippen LogP contribution is 2.28. The van der Waals surface area contributed by atoms with E-state index >= 15 is 0 Å². The molecule has 0 fully saturated rings. The van der Waals surface area contributed by atoms with Gasteiger partial charge in [0.25, 0.3) is 5.22 Å². The molecule has 0 bridgehead atoms. The van der Waals surface area contributed by atoms with Gasteiger partial charge in [0, 0.05) is 10.4 Å². The lowest BCUT2D eigenvalue weighted by atomic mass is 10.0. The molecule has 5 nitrogen and oxygen atoms in total. The highest BCUT2D eigenvalue weighted by molar-refractivity contribution is 7.99. The molecule has 0 aliphatic rings. The maximum atomic E-state index is 12.7. The number of benzene rings is 2. The minimum Gasteiger partial charge on any atom is -0.411 e. The first-order valence-electron chi connectivity index (χ1n) is 9.93. The molecule has 0 aliphatic heterocycles. The molecular formula is C24H23N3O2S2. The van der Waals surface area contributed by atoms with Crippen LogP contribution in [0.5, 0.6) is 0 Å². The molecule has 1 amide bonds. The monoisotopic (exact) mass is 449 g/mol. The molecule has 0 saturated carbocycles. The summed E-state index contributed by atoms with van der Waals surface area (Å²) in [6.07, 6.45) is 0. The Hall–Kier alpha value is -2.90. The molecule has 0 aliphatic carbocycles. The molecule has 1 atom stereocenters. The van der Waals surface area contributed by atoms with Crippen LogP contribution in [0.4, 0.5) is 0 Å². The van der Waals surface area contributed by atoms with Crippen molar-refractivity contribution in [2.75, 3.05) is 5.75 Å². The van der Waals surface area contributed by atoms with Gasteiger partial charge in [-0.25, -0.2) is 0 Å². The maximum Gasteiger partial charge on any atom is 0.277 e. The van der Waals surface area contributed by atoms with E-state index in [1.807, 2.05) is 42.6 Å². The minimum atomic E-state index is -0.178. The number of hydrogen-bond acceptors (Lipinski definition) is 6. The fourth-order valence-corrected chi connectivity index (χ4v) is 4.50. The zero-order valence-corrected chi connectivity index (χ0v) is 19.2. The van der Waals surface area contributed by atoms with E-state index in [1.54, 1.807) is 11.3 Å². The van der Waals surface area contributed by atoms with Crippen LogP contribution >= 0.6 is 23.1 Å². The van der Waals surface area contributed by atoms with Crippen LogP contribution in [0.3, 0.4) is 0 Å². The second kappa shape index (κ2) is 9.49. The summed E-state index contributed by atoms with van der Waals surface area (Å²) >= 11 is 2.87. The average molecular weight is 450 g/mol. The smallest absolute Gasteiger partial charge is 0.277 e. The van der Waals surface area contributed by atoms with Crippen molar-refractivity contribution in [1.29, 1.82) is 0 Å². The fraction of sp³-hybridized carbons (Fsp3) is 0.208. The number of aryl methyl sites for hydroxylation is 3. The molecule has 4 rings (SSSR count). The zero-order chi connectivity index (χ0) is 21.8. The molecule has 4 aromatic rings. The number of nitrogens with one attached hydrogen (secondary N) is 1. The van der Waals surface area contributed by atoms with Gasteiger partial charge in [0.2, 0.25) is 11.8 Å². The van der Waals surface area contributed by atoms with Crippen molar-refractivity contribution >= 4 is 29.0 Å². The van der Waals surface area contributed by atoms with Gasteiger partial charge in [-0.2, -0.15) is 0 Å². The number of carbonyl (C=O) groups is 1. The van der Waals surface area contributed by atoms with Crippen LogP contribution in [0.25, 0.3) is 11.5 Å². The van der Waals surface area contributed by atoms with E-state index in [0.717, 1.165) is 16.0 Å². The lowest BCUT2D eigenvalue weighted by Gasteiger charge is -2.18. The summed E-state index contributed by atoms with van der Waals surface area (Å²) in [6.45, 7) is 6.16. The van der Waals surface area contributed by atoms with Crippen LogP contribution < -0.4 is 5.32 Å². The Morgan fingerprint density at radius 3 is 2.58 bits per heavy atom. The Morgan fingerprint density at radius 2 is 1.87 bits per heavy atom. The number of rotatable bonds is 7. The highest BCUT2D eigenvalue weighted by atomic mass is 32.2. The summed E-state index contributed by atoms with van der Waals surface area (Å²) in [6, 6.07) is 18.1. The molecule has 2 heterocycles. The Kier molecular flexibility index (Phi) is 6.53. The average Bonchev–Trinajstić information content (AvgIpc) is 3.46. The number of amides is 1. The second-order valence-electron chi connectivity index (χ2n) is 7.39. The second-order valence-corrected chi connectivity index (χ2v) is 9.29. The molecule has 0 spiro atoms. The van der Waals surface area contributed by atoms with Crippen LogP contribution in [-0.4, -0.2) is 21.9 Å². The third-order valence-corrected chi connectivity index (χ3v) is 6.79. The third kappa shape index (κ3) is 5.24. The van der Waals surface area contributed by atoms with Gasteiger partial charge in [-0.15, -0.1) is 21.5 Å². The summed E-state index contributed by atoms with van der Waals surface area (Å²) in [5.41, 5.74) is 5.50. The molecular weight excluding hydrogens is 426 g/mol. The molecule has 1 N–H and O–H groups in total. The number of thiophene rings is 1. The fourth-order valence-electron chi connectivity index (χ4n) is 3.12. The summed E-state index contributed by atoms with van der Waals surface area (Å²) in [5, 5.41) is 13.7. The molecule has 1 unspecified atom stereocenters. The van der Waals surface area contributed by atoms with Gasteiger partial charge in [0.15, 0.2) is 0 Å². The topological polar surface area (TPSA) is 68.0 Å². The van der Waals surface area contributed by atoms with Crippen molar-refractivity contribution in [3.63, 3.8) is 0 Å². The van der Waals surface area contributed by atoms with Gasteiger partial charge in [-0.3, -0.25) is 4.79 Å². The predicted molar refractivity (Wildman–Crippen MR) is 125 cm³/mol. The van der Waals surface area contributed by atoms with Gasteiger partial charge >= 0.3 is 0 Å². The summed E-state index contributed by atoms with van der Waals surface area (Å²) in [7, 11) is 0. The van der Waals surface area contributed by atoms with Crippen molar-refractivity contribution in [2.45, 2.75) is 32.0 Å². The molecule has 31 heavy (non-hydrogen) atoms. The van der Waals surface area contributed by atoms with Crippen molar-refractivity contribution in [1.82, 2.24) is 15.5 Å². The SMILES string of the molecule is Cc1ccc(C(NC(=O)CSc2nnc(-c3ccc(C)c(C)c3)o2)c2cccs2)cc1. The Morgan fingerprint density at radius 1 is 1.06 bits per heavy atom. The summed E-state index contributed by atoms with van der Waals surface area (Å²) in [4.78, 5) is 13.8. The van der Waals surface area contributed by atoms with E-state index < -0.39 is 0 Å². The van der Waals surface area contributed by atoms with E-state index in [-0.39, 0.29) is 17.7 Å².